The first-order valence-electron chi connectivity index (χ1n) is 16.3. The number of carbonyl (C=O) groups is 1. The molecule has 2 fully saturated rings. The van der Waals surface area contributed by atoms with Gasteiger partial charge in [0.05, 0.1) is 19.0 Å². The average Bonchev–Trinajstić information content (AvgIpc) is 3.97. The van der Waals surface area contributed by atoms with Gasteiger partial charge >= 0.3 is 0 Å². The minimum absolute atomic E-state index is 0.0673. The number of halogens is 1. The Balaban J connectivity index is 0.000000577. The number of aliphatic hydroxyl groups excluding tert-OH is 1. The van der Waals surface area contributed by atoms with Gasteiger partial charge in [-0.3, -0.25) is 14.8 Å². The van der Waals surface area contributed by atoms with Gasteiger partial charge in [-0.1, -0.05) is 34.1 Å². The Kier molecular flexibility index (Phi) is 13.1. The number of hydrogen-bond donors (Lipinski definition) is 3. The molecular formula is C37H49FN5O3+. The van der Waals surface area contributed by atoms with Gasteiger partial charge in [-0.25, -0.2) is 4.39 Å². The maximum atomic E-state index is 14.8. The Labute approximate surface area is 273 Å². The number of carbonyl (C=O) groups excluding carboxylic acids is 1. The van der Waals surface area contributed by atoms with Crippen molar-refractivity contribution in [1.82, 2.24) is 15.3 Å². The maximum absolute atomic E-state index is 14.8. The lowest BCUT2D eigenvalue weighted by Crippen LogP contribution is -2.30. The molecule has 4 N–H and O–H groups in total. The number of pyridine rings is 2. The summed E-state index contributed by atoms with van der Waals surface area (Å²) in [4.78, 5) is 22.2. The molecule has 1 amide bonds. The third-order valence-corrected chi connectivity index (χ3v) is 8.06. The van der Waals surface area contributed by atoms with Gasteiger partial charge in [-0.05, 0) is 74.4 Å². The number of nitrogens with two attached hydrogens (primary N) is 1. The van der Waals surface area contributed by atoms with Crippen molar-refractivity contribution in [1.29, 1.82) is 0 Å². The molecule has 2 aliphatic carbocycles. The van der Waals surface area contributed by atoms with Gasteiger partial charge in [0, 0.05) is 54.4 Å². The number of hydrogen-bond acceptors (Lipinski definition) is 6. The second kappa shape index (κ2) is 16.7. The van der Waals surface area contributed by atoms with Crippen LogP contribution in [-0.4, -0.2) is 51.5 Å². The van der Waals surface area contributed by atoms with Crippen LogP contribution < -0.4 is 15.8 Å². The molecule has 1 aliphatic heterocycles. The van der Waals surface area contributed by atoms with Crippen LogP contribution in [0.1, 0.15) is 104 Å². The lowest BCUT2D eigenvalue weighted by Gasteiger charge is -2.21. The molecule has 8 nitrogen and oxygen atoms in total. The number of aryl methyl sites for hydroxylation is 2. The number of nitrogens with one attached hydrogen (secondary N) is 1. The predicted molar refractivity (Wildman–Crippen MR) is 182 cm³/mol. The second-order valence-corrected chi connectivity index (χ2v) is 11.7. The summed E-state index contributed by atoms with van der Waals surface area (Å²) in [5, 5.41) is 10.5. The number of aromatic nitrogens is 2. The lowest BCUT2D eigenvalue weighted by molar-refractivity contribution is -0.462. The fraction of sp³-hybridized carbons (Fsp3) is 0.459. The first-order valence-corrected chi connectivity index (χ1v) is 16.3. The van der Waals surface area contributed by atoms with Crippen LogP contribution >= 0.6 is 0 Å². The first kappa shape index (κ1) is 36.0. The molecule has 1 aromatic carbocycles. The molecular weight excluding hydrogens is 581 g/mol. The Morgan fingerprint density at radius 1 is 1.13 bits per heavy atom. The zero-order valence-electron chi connectivity index (χ0n) is 28.5. The fourth-order valence-corrected chi connectivity index (χ4v) is 5.42. The molecule has 9 heteroatoms. The van der Waals surface area contributed by atoms with E-state index in [2.05, 4.69) is 46.7 Å². The highest BCUT2D eigenvalue weighted by Gasteiger charge is 2.43. The van der Waals surface area contributed by atoms with Crippen molar-refractivity contribution in [2.45, 2.75) is 92.5 Å². The van der Waals surface area contributed by atoms with E-state index in [9.17, 15) is 9.18 Å². The topological polar surface area (TPSA) is 113 Å². The Morgan fingerprint density at radius 2 is 1.78 bits per heavy atom. The molecule has 0 spiro atoms. The van der Waals surface area contributed by atoms with E-state index in [1.165, 1.54) is 31.6 Å². The molecule has 46 heavy (non-hydrogen) atoms. The predicted octanol–water partition coefficient (Wildman–Crippen LogP) is 7.06. The van der Waals surface area contributed by atoms with E-state index in [1.807, 2.05) is 46.8 Å². The van der Waals surface area contributed by atoms with Gasteiger partial charge in [-0.2, -0.15) is 4.58 Å². The molecule has 3 heterocycles. The highest BCUT2D eigenvalue weighted by molar-refractivity contribution is 6.00. The van der Waals surface area contributed by atoms with Crippen LogP contribution in [0.4, 0.5) is 10.1 Å². The van der Waals surface area contributed by atoms with Crippen molar-refractivity contribution in [2.75, 3.05) is 13.7 Å². The molecule has 246 valence electrons. The monoisotopic (exact) mass is 630 g/mol. The van der Waals surface area contributed by atoms with E-state index in [0.717, 1.165) is 52.2 Å². The van der Waals surface area contributed by atoms with Crippen molar-refractivity contribution in [3.63, 3.8) is 0 Å². The molecule has 0 bridgehead atoms. The zero-order chi connectivity index (χ0) is 34.0. The molecule has 3 aliphatic rings. The number of nitrogens with zero attached hydrogens (tertiary/aromatic N) is 3. The Hall–Kier alpha value is -4.45. The summed E-state index contributed by atoms with van der Waals surface area (Å²) >= 11 is 0. The molecule has 2 saturated carbocycles. The van der Waals surface area contributed by atoms with Gasteiger partial charge < -0.3 is 20.9 Å². The van der Waals surface area contributed by atoms with Gasteiger partial charge in [0.2, 0.25) is 0 Å². The van der Waals surface area contributed by atoms with Gasteiger partial charge in [0.1, 0.15) is 11.7 Å². The van der Waals surface area contributed by atoms with E-state index >= 15 is 0 Å². The van der Waals surface area contributed by atoms with Crippen molar-refractivity contribution in [3.05, 3.63) is 69.9 Å². The minimum atomic E-state index is -0.366. The quantitative estimate of drug-likeness (QED) is 0.140. The van der Waals surface area contributed by atoms with Crippen LogP contribution in [0.2, 0.25) is 0 Å². The highest BCUT2D eigenvalue weighted by Crippen LogP contribution is 2.44. The number of amides is 1. The second-order valence-electron chi connectivity index (χ2n) is 11.7. The smallest absolute Gasteiger partial charge is 0.261 e. The lowest BCUT2D eigenvalue weighted by atomic mass is 9.93. The fourth-order valence-electron chi connectivity index (χ4n) is 5.42. The summed E-state index contributed by atoms with van der Waals surface area (Å²) in [6.07, 6.45) is 12.3. The Morgan fingerprint density at radius 3 is 2.33 bits per heavy atom. The third-order valence-electron chi connectivity index (χ3n) is 8.06. The van der Waals surface area contributed by atoms with E-state index in [4.69, 9.17) is 14.8 Å². The van der Waals surface area contributed by atoms with Crippen LogP contribution in [-0.2, 0) is 0 Å². The van der Waals surface area contributed by atoms with Crippen molar-refractivity contribution >= 4 is 17.8 Å². The first-order chi connectivity index (χ1) is 22.2. The summed E-state index contributed by atoms with van der Waals surface area (Å²) in [6.45, 7) is 14.6. The standard InChI is InChI=1S/C30H31FN4O2.C3H8.C2H3NO.C2H6/c1-16-9-25(34-28(18(16)3)27-17(2)12-32-14-24(27)31)23(19-5-6-19)13-33-30(36)20-10-21-15-35(22-7-8-22)29(21)26(11-20)37-4;1-3-2;3-1-2-4;1-2/h9-12,14-15,19,22-23H,5-8,13H2,1-4H3;3H2,1-2H3;4H,3H2;1-2H3/p+1. The molecule has 1 atom stereocenters. The molecule has 0 saturated heterocycles. The number of fused-ring (bicyclic) bond motifs is 1. The summed E-state index contributed by atoms with van der Waals surface area (Å²) in [5.41, 5.74) is 12.0. The normalized spacial score (nSPS) is 14.4. The minimum Gasteiger partial charge on any atom is -0.490 e. The summed E-state index contributed by atoms with van der Waals surface area (Å²) in [7, 11) is 1.65. The number of rotatable bonds is 8. The maximum Gasteiger partial charge on any atom is 0.261 e. The summed E-state index contributed by atoms with van der Waals surface area (Å²) < 4.78 is 22.7. The van der Waals surface area contributed by atoms with Crippen LogP contribution in [0.15, 0.2) is 30.6 Å². The molecule has 0 radical (unpaired) electrons. The summed E-state index contributed by atoms with van der Waals surface area (Å²) in [5.74, 6) is 0.779. The van der Waals surface area contributed by atoms with Gasteiger partial charge in [-0.15, -0.1) is 0 Å². The van der Waals surface area contributed by atoms with Crippen molar-refractivity contribution in [3.8, 4) is 29.2 Å². The van der Waals surface area contributed by atoms with Crippen LogP contribution in [0.3, 0.4) is 0 Å². The molecule has 2 aromatic heterocycles. The van der Waals surface area contributed by atoms with E-state index in [-0.39, 0.29) is 17.6 Å². The molecule has 1 unspecified atom stereocenters. The van der Waals surface area contributed by atoms with E-state index < -0.39 is 0 Å². The molecule has 3 aromatic rings. The number of ether oxygens (including phenoxy) is 1. The highest BCUT2D eigenvalue weighted by atomic mass is 19.1. The largest absolute Gasteiger partial charge is 0.490 e. The Bertz CT molecular complexity index is 1590. The van der Waals surface area contributed by atoms with Gasteiger partial charge in [0.15, 0.2) is 23.8 Å². The van der Waals surface area contributed by atoms with Crippen LogP contribution in [0.25, 0.3) is 11.3 Å². The van der Waals surface area contributed by atoms with Crippen LogP contribution in [0.5, 0.6) is 5.75 Å². The van der Waals surface area contributed by atoms with Crippen molar-refractivity contribution in [2.24, 2.45) is 11.7 Å². The third kappa shape index (κ3) is 8.42. The van der Waals surface area contributed by atoms with Gasteiger partial charge in [0.25, 0.3) is 11.6 Å². The SMILES string of the molecule is CC.CCC.COc1cc(C(=O)NCC(c2cc(C)c(C)c(-c3c(C)cncc3F)n2)C2CC2)cc2c1[N+](C1CC1)=C2.NC#CO. The van der Waals surface area contributed by atoms with E-state index in [0.29, 0.717) is 35.3 Å². The van der Waals surface area contributed by atoms with Crippen molar-refractivity contribution < 1.29 is 23.6 Å². The number of aliphatic hydroxyl groups is 1. The summed E-state index contributed by atoms with van der Waals surface area (Å²) in [6, 6.07) is 8.18. The number of methoxy groups -OCH3 is 1. The zero-order valence-corrected chi connectivity index (χ0v) is 28.5. The number of benzene rings is 1. The molecule has 6 rings (SSSR count). The average molecular weight is 631 g/mol. The van der Waals surface area contributed by atoms with Crippen LogP contribution in [0, 0.1) is 44.7 Å². The van der Waals surface area contributed by atoms with E-state index in [1.54, 1.807) is 19.4 Å².